The third-order valence-corrected chi connectivity index (χ3v) is 3.65. The van der Waals surface area contributed by atoms with Crippen LogP contribution in [-0.4, -0.2) is 15.3 Å². The molecular formula is C13H14N2OS. The lowest BCUT2D eigenvalue weighted by molar-refractivity contribution is 0.726. The Balaban J connectivity index is 2.54. The number of hydrogen-bond donors (Lipinski definition) is 0. The van der Waals surface area contributed by atoms with Gasteiger partial charge in [-0.05, 0) is 19.1 Å². The van der Waals surface area contributed by atoms with Crippen LogP contribution in [0.25, 0.3) is 10.9 Å². The summed E-state index contributed by atoms with van der Waals surface area (Å²) in [7, 11) is 1.75. The van der Waals surface area contributed by atoms with Crippen LogP contribution in [-0.2, 0) is 7.05 Å². The highest BCUT2D eigenvalue weighted by Crippen LogP contribution is 2.18. The van der Waals surface area contributed by atoms with E-state index in [1.165, 1.54) is 11.8 Å². The van der Waals surface area contributed by atoms with Crippen LogP contribution in [0.2, 0.25) is 0 Å². The van der Waals surface area contributed by atoms with Crippen LogP contribution in [0.4, 0.5) is 0 Å². The third-order valence-electron chi connectivity index (χ3n) is 2.39. The second-order valence-electron chi connectivity index (χ2n) is 4.02. The molecule has 0 aliphatic carbocycles. The maximum Gasteiger partial charge on any atom is 0.261 e. The Morgan fingerprint density at radius 3 is 2.88 bits per heavy atom. The number of nitrogens with zero attached hydrogens (tertiary/aromatic N) is 2. The first kappa shape index (κ1) is 11.9. The number of para-hydroxylation sites is 1. The molecule has 0 radical (unpaired) electrons. The van der Waals surface area contributed by atoms with E-state index in [-0.39, 0.29) is 5.56 Å². The molecule has 0 N–H and O–H groups in total. The van der Waals surface area contributed by atoms with Crippen molar-refractivity contribution in [2.75, 3.05) is 5.75 Å². The molecule has 2 rings (SSSR count). The highest BCUT2D eigenvalue weighted by Gasteiger charge is 2.07. The zero-order chi connectivity index (χ0) is 12.4. The average molecular weight is 246 g/mol. The highest BCUT2D eigenvalue weighted by molar-refractivity contribution is 7.99. The normalized spacial score (nSPS) is 10.7. The number of rotatable bonds is 3. The molecule has 88 valence electrons. The van der Waals surface area contributed by atoms with E-state index in [2.05, 4.69) is 11.6 Å². The molecule has 0 spiro atoms. The Morgan fingerprint density at radius 1 is 1.47 bits per heavy atom. The molecule has 17 heavy (non-hydrogen) atoms. The van der Waals surface area contributed by atoms with E-state index in [4.69, 9.17) is 0 Å². The zero-order valence-corrected chi connectivity index (χ0v) is 10.8. The van der Waals surface area contributed by atoms with Gasteiger partial charge in [0.25, 0.3) is 5.56 Å². The predicted octanol–water partition coefficient (Wildman–Crippen LogP) is 2.60. The summed E-state index contributed by atoms with van der Waals surface area (Å²) < 4.78 is 1.59. The maximum atomic E-state index is 12.1. The number of thioether (sulfide) groups is 1. The van der Waals surface area contributed by atoms with Gasteiger partial charge in [-0.3, -0.25) is 9.36 Å². The van der Waals surface area contributed by atoms with Gasteiger partial charge < -0.3 is 0 Å². The molecule has 1 aromatic carbocycles. The summed E-state index contributed by atoms with van der Waals surface area (Å²) in [6.45, 7) is 5.81. The molecule has 0 aliphatic rings. The van der Waals surface area contributed by atoms with Gasteiger partial charge in [0.1, 0.15) is 0 Å². The molecule has 0 aliphatic heterocycles. The fourth-order valence-electron chi connectivity index (χ4n) is 1.51. The maximum absolute atomic E-state index is 12.1. The summed E-state index contributed by atoms with van der Waals surface area (Å²) in [5.74, 6) is 0.776. The van der Waals surface area contributed by atoms with Gasteiger partial charge in [0.15, 0.2) is 5.16 Å². The van der Waals surface area contributed by atoms with Crippen molar-refractivity contribution in [2.45, 2.75) is 12.1 Å². The molecule has 1 heterocycles. The number of aromatic nitrogens is 2. The lowest BCUT2D eigenvalue weighted by Crippen LogP contribution is -2.20. The van der Waals surface area contributed by atoms with E-state index in [0.29, 0.717) is 5.39 Å². The van der Waals surface area contributed by atoms with Gasteiger partial charge in [-0.25, -0.2) is 4.98 Å². The topological polar surface area (TPSA) is 34.9 Å². The monoisotopic (exact) mass is 246 g/mol. The molecule has 0 fully saturated rings. The minimum atomic E-state index is -0.000171. The van der Waals surface area contributed by atoms with Crippen LogP contribution >= 0.6 is 11.8 Å². The lowest BCUT2D eigenvalue weighted by atomic mass is 10.2. The summed E-state index contributed by atoms with van der Waals surface area (Å²) >= 11 is 1.54. The Kier molecular flexibility index (Phi) is 3.33. The molecule has 1 aromatic heterocycles. The third kappa shape index (κ3) is 2.42. The van der Waals surface area contributed by atoms with Crippen LogP contribution in [0.3, 0.4) is 0 Å². The summed E-state index contributed by atoms with van der Waals surface area (Å²) in [6, 6.07) is 7.41. The van der Waals surface area contributed by atoms with Gasteiger partial charge in [0.2, 0.25) is 0 Å². The second-order valence-corrected chi connectivity index (χ2v) is 4.96. The van der Waals surface area contributed by atoms with Gasteiger partial charge in [-0.1, -0.05) is 36.0 Å². The van der Waals surface area contributed by atoms with Crippen LogP contribution in [0, 0.1) is 0 Å². The van der Waals surface area contributed by atoms with Crippen LogP contribution < -0.4 is 5.56 Å². The first-order valence-corrected chi connectivity index (χ1v) is 6.31. The SMILES string of the molecule is C=C(C)CSc1nc2ccccc2c(=O)n1C. The lowest BCUT2D eigenvalue weighted by Gasteiger charge is -2.08. The van der Waals surface area contributed by atoms with Crippen molar-refractivity contribution in [2.24, 2.45) is 7.05 Å². The quantitative estimate of drug-likeness (QED) is 0.474. The predicted molar refractivity (Wildman–Crippen MR) is 72.5 cm³/mol. The van der Waals surface area contributed by atoms with Crippen LogP contribution in [0.5, 0.6) is 0 Å². The largest absolute Gasteiger partial charge is 0.290 e. The van der Waals surface area contributed by atoms with Gasteiger partial charge in [0, 0.05) is 12.8 Å². The Labute approximate surface area is 104 Å². The van der Waals surface area contributed by atoms with Crippen molar-refractivity contribution >= 4 is 22.7 Å². The molecule has 0 bridgehead atoms. The minimum Gasteiger partial charge on any atom is -0.290 e. The summed E-state index contributed by atoms with van der Waals surface area (Å²) in [5, 5.41) is 1.39. The Morgan fingerprint density at radius 2 is 2.18 bits per heavy atom. The van der Waals surface area contributed by atoms with Crippen molar-refractivity contribution in [3.8, 4) is 0 Å². The average Bonchev–Trinajstić information content (AvgIpc) is 2.32. The number of benzene rings is 1. The van der Waals surface area contributed by atoms with E-state index in [9.17, 15) is 4.79 Å². The Hall–Kier alpha value is -1.55. The van der Waals surface area contributed by atoms with E-state index in [0.717, 1.165) is 22.0 Å². The van der Waals surface area contributed by atoms with Gasteiger partial charge >= 0.3 is 0 Å². The fraction of sp³-hybridized carbons (Fsp3) is 0.231. The minimum absolute atomic E-state index is 0.000171. The van der Waals surface area contributed by atoms with Gasteiger partial charge in [-0.15, -0.1) is 0 Å². The smallest absolute Gasteiger partial charge is 0.261 e. The second kappa shape index (κ2) is 4.75. The Bertz CT molecular complexity index is 631. The molecule has 2 aromatic rings. The molecular weight excluding hydrogens is 232 g/mol. The molecule has 0 saturated heterocycles. The van der Waals surface area contributed by atoms with Gasteiger partial charge in [0.05, 0.1) is 10.9 Å². The molecule has 4 heteroatoms. The van der Waals surface area contributed by atoms with E-state index in [1.807, 2.05) is 25.1 Å². The summed E-state index contributed by atoms with van der Waals surface area (Å²) in [4.78, 5) is 16.6. The van der Waals surface area contributed by atoms with Crippen molar-refractivity contribution in [1.29, 1.82) is 0 Å². The highest BCUT2D eigenvalue weighted by atomic mass is 32.2. The van der Waals surface area contributed by atoms with Crippen LogP contribution in [0.15, 0.2) is 46.4 Å². The zero-order valence-electron chi connectivity index (χ0n) is 9.93. The van der Waals surface area contributed by atoms with Crippen molar-refractivity contribution in [3.63, 3.8) is 0 Å². The molecule has 0 saturated carbocycles. The molecule has 3 nitrogen and oxygen atoms in total. The van der Waals surface area contributed by atoms with Crippen molar-refractivity contribution in [1.82, 2.24) is 9.55 Å². The van der Waals surface area contributed by atoms with Gasteiger partial charge in [-0.2, -0.15) is 0 Å². The van der Waals surface area contributed by atoms with Crippen molar-refractivity contribution in [3.05, 3.63) is 46.8 Å². The van der Waals surface area contributed by atoms with E-state index >= 15 is 0 Å². The van der Waals surface area contributed by atoms with Crippen molar-refractivity contribution < 1.29 is 0 Å². The molecule has 0 unspecified atom stereocenters. The number of hydrogen-bond acceptors (Lipinski definition) is 3. The fourth-order valence-corrected chi connectivity index (χ4v) is 2.33. The molecule has 0 amide bonds. The first-order chi connectivity index (χ1) is 8.09. The van der Waals surface area contributed by atoms with E-state index < -0.39 is 0 Å². The first-order valence-electron chi connectivity index (χ1n) is 5.32. The standard InChI is InChI=1S/C13H14N2OS/c1-9(2)8-17-13-14-11-7-5-4-6-10(11)12(16)15(13)3/h4-7H,1,8H2,2-3H3. The van der Waals surface area contributed by atoms with Crippen LogP contribution in [0.1, 0.15) is 6.92 Å². The van der Waals surface area contributed by atoms with E-state index in [1.54, 1.807) is 17.7 Å². The summed E-state index contributed by atoms with van der Waals surface area (Å²) in [5.41, 5.74) is 1.82. The number of fused-ring (bicyclic) bond motifs is 1. The molecule has 0 atom stereocenters. The summed E-state index contributed by atoms with van der Waals surface area (Å²) in [6.07, 6.45) is 0.